The van der Waals surface area contributed by atoms with Crippen LogP contribution in [0.15, 0.2) is 72.8 Å². The van der Waals surface area contributed by atoms with E-state index in [1.54, 1.807) is 24.3 Å². The number of hydrogen-bond acceptors (Lipinski definition) is 6. The maximum absolute atomic E-state index is 12.7. The molecule has 0 aliphatic carbocycles. The summed E-state index contributed by atoms with van der Waals surface area (Å²) in [5, 5.41) is 0. The molecule has 1 aliphatic heterocycles. The van der Waals surface area contributed by atoms with Crippen molar-refractivity contribution in [3.8, 4) is 11.5 Å². The van der Waals surface area contributed by atoms with E-state index in [0.717, 1.165) is 0 Å². The van der Waals surface area contributed by atoms with Crippen molar-refractivity contribution in [3.05, 3.63) is 95.1 Å². The number of ether oxygens (including phenoxy) is 1. The summed E-state index contributed by atoms with van der Waals surface area (Å²) in [5.74, 6) is -0.743. The van der Waals surface area contributed by atoms with E-state index in [-0.39, 0.29) is 130 Å². The molecule has 4 radical (unpaired) electrons. The number of rotatable bonds is 6. The predicted molar refractivity (Wildman–Crippen MR) is 133 cm³/mol. The van der Waals surface area contributed by atoms with Crippen LogP contribution in [0.2, 0.25) is 0 Å². The monoisotopic (exact) mass is 570 g/mol. The molecule has 1 aliphatic rings. The van der Waals surface area contributed by atoms with Crippen molar-refractivity contribution in [3.63, 3.8) is 0 Å². The van der Waals surface area contributed by atoms with Crippen LogP contribution in [0.5, 0.6) is 11.5 Å². The second kappa shape index (κ2) is 14.6. The summed E-state index contributed by atoms with van der Waals surface area (Å²) in [6.07, 6.45) is 0. The standard InChI is InChI=1S/C20H16O10P2.4Na/c21-19-17-3-1-2-4-18(17)20(28-19,13-5-9-15(10-6-13)29-31(22,23)24)14-7-11-16(12-8-14)30-32(25,26)27;;;;/h1-12H,(H2,22,23,24)(H2,25,26,27);;;;. The van der Waals surface area contributed by atoms with Crippen LogP contribution in [0, 0.1) is 0 Å². The van der Waals surface area contributed by atoms with E-state index in [4.69, 9.17) is 24.3 Å². The summed E-state index contributed by atoms with van der Waals surface area (Å²) in [7, 11) is -9.50. The van der Waals surface area contributed by atoms with Crippen molar-refractivity contribution in [2.45, 2.75) is 5.60 Å². The predicted octanol–water partition coefficient (Wildman–Crippen LogP) is 1.57. The molecule has 3 aromatic carbocycles. The fraction of sp³-hybridized carbons (Fsp3) is 0.0500. The van der Waals surface area contributed by atoms with E-state index >= 15 is 0 Å². The van der Waals surface area contributed by atoms with Gasteiger partial charge in [-0.3, -0.25) is 19.6 Å². The van der Waals surface area contributed by atoms with Crippen LogP contribution in [0.1, 0.15) is 27.0 Å². The number of cyclic esters (lactones) is 1. The molecule has 4 rings (SSSR count). The summed E-state index contributed by atoms with van der Waals surface area (Å²) < 4.78 is 37.2. The van der Waals surface area contributed by atoms with Crippen molar-refractivity contribution >= 4 is 140 Å². The van der Waals surface area contributed by atoms with Gasteiger partial charge in [0, 0.05) is 135 Å². The number of carbonyl (C=O) groups is 1. The fourth-order valence-electron chi connectivity index (χ4n) is 3.59. The van der Waals surface area contributed by atoms with Crippen molar-refractivity contribution in [2.75, 3.05) is 0 Å². The van der Waals surface area contributed by atoms with Crippen molar-refractivity contribution in [1.29, 1.82) is 0 Å². The number of fused-ring (bicyclic) bond motifs is 1. The average molecular weight is 570 g/mol. The van der Waals surface area contributed by atoms with E-state index in [2.05, 4.69) is 9.05 Å². The van der Waals surface area contributed by atoms with E-state index in [1.165, 1.54) is 48.5 Å². The number of carbonyl (C=O) groups excluding carboxylic acids is 1. The molecule has 36 heavy (non-hydrogen) atoms. The smallest absolute Gasteiger partial charge is 0.441 e. The minimum absolute atomic E-state index is 0. The first-order chi connectivity index (χ1) is 15.0. The zero-order chi connectivity index (χ0) is 23.1. The zero-order valence-corrected chi connectivity index (χ0v) is 29.8. The summed E-state index contributed by atoms with van der Waals surface area (Å²) in [6, 6.07) is 18.0. The topological polar surface area (TPSA) is 160 Å². The summed E-state index contributed by atoms with van der Waals surface area (Å²) >= 11 is 0. The SMILES string of the molecule is O=C1OC(c2ccc(OP(=O)(O)O)cc2)(c2ccc(OP(=O)(O)O)cc2)c2ccccc21.[Na].[Na].[Na].[Na]. The summed E-state index contributed by atoms with van der Waals surface area (Å²) in [6.45, 7) is 0. The molecule has 0 bridgehead atoms. The maximum atomic E-state index is 12.7. The number of phosphoric ester groups is 2. The molecule has 0 spiro atoms. The summed E-state index contributed by atoms with van der Waals surface area (Å²) in [5.41, 5.74) is 0.348. The minimum Gasteiger partial charge on any atom is -0.441 e. The van der Waals surface area contributed by atoms with Crippen LogP contribution in [0.25, 0.3) is 0 Å². The molecule has 3 aromatic rings. The third-order valence-electron chi connectivity index (χ3n) is 4.74. The van der Waals surface area contributed by atoms with Crippen molar-refractivity contribution < 1.29 is 47.3 Å². The van der Waals surface area contributed by atoms with Gasteiger partial charge in [0.05, 0.1) is 5.56 Å². The van der Waals surface area contributed by atoms with Crippen molar-refractivity contribution in [1.82, 2.24) is 0 Å². The Labute approximate surface area is 295 Å². The quantitative estimate of drug-likeness (QED) is 0.195. The zero-order valence-electron chi connectivity index (χ0n) is 20.1. The fourth-order valence-corrected chi connectivity index (χ4v) is 4.38. The molecule has 170 valence electrons. The van der Waals surface area contributed by atoms with E-state index in [9.17, 15) is 13.9 Å². The number of benzene rings is 3. The Kier molecular flexibility index (Phi) is 15.0. The van der Waals surface area contributed by atoms with Gasteiger partial charge >= 0.3 is 21.6 Å². The molecule has 0 fully saturated rings. The Morgan fingerprint density at radius 3 is 1.42 bits per heavy atom. The molecule has 16 heteroatoms. The van der Waals surface area contributed by atoms with Gasteiger partial charge < -0.3 is 13.8 Å². The molecule has 0 aromatic heterocycles. The van der Waals surface area contributed by atoms with Gasteiger partial charge in [0.1, 0.15) is 11.5 Å². The Morgan fingerprint density at radius 1 is 0.639 bits per heavy atom. The Hall–Kier alpha value is 1.03. The van der Waals surface area contributed by atoms with Crippen LogP contribution in [-0.2, 0) is 19.5 Å². The van der Waals surface area contributed by atoms with Gasteiger partial charge in [-0.2, -0.15) is 0 Å². The largest absolute Gasteiger partial charge is 0.524 e. The average Bonchev–Trinajstić information content (AvgIpc) is 3.01. The first kappa shape index (κ1) is 37.0. The summed E-state index contributed by atoms with van der Waals surface area (Å²) in [4.78, 5) is 48.7. The van der Waals surface area contributed by atoms with Gasteiger partial charge in [0.25, 0.3) is 0 Å². The first-order valence-electron chi connectivity index (χ1n) is 9.02. The van der Waals surface area contributed by atoms with Gasteiger partial charge in [-0.15, -0.1) is 0 Å². The van der Waals surface area contributed by atoms with Crippen LogP contribution in [0.4, 0.5) is 0 Å². The number of hydrogen-bond donors (Lipinski definition) is 4. The van der Waals surface area contributed by atoms with E-state index in [0.29, 0.717) is 22.3 Å². The molecule has 1 heterocycles. The molecule has 0 amide bonds. The molecule has 0 unspecified atom stereocenters. The second-order valence-electron chi connectivity index (χ2n) is 6.83. The van der Waals surface area contributed by atoms with Crippen LogP contribution >= 0.6 is 15.6 Å². The van der Waals surface area contributed by atoms with E-state index < -0.39 is 27.2 Å². The van der Waals surface area contributed by atoms with Gasteiger partial charge in [0.2, 0.25) is 0 Å². The van der Waals surface area contributed by atoms with E-state index in [1.807, 2.05) is 0 Å². The molecule has 0 atom stereocenters. The number of phosphoric acid groups is 2. The van der Waals surface area contributed by atoms with Gasteiger partial charge in [-0.25, -0.2) is 13.9 Å². The molecule has 0 saturated carbocycles. The molecule has 4 N–H and O–H groups in total. The van der Waals surface area contributed by atoms with Crippen molar-refractivity contribution in [2.24, 2.45) is 0 Å². The third kappa shape index (κ3) is 8.51. The second-order valence-corrected chi connectivity index (χ2v) is 9.16. The van der Waals surface area contributed by atoms with Gasteiger partial charge in [-0.05, 0) is 30.3 Å². The van der Waals surface area contributed by atoms with Crippen LogP contribution in [-0.4, -0.2) is 144 Å². The van der Waals surface area contributed by atoms with Gasteiger partial charge in [-0.1, -0.05) is 42.5 Å². The Morgan fingerprint density at radius 2 is 1.03 bits per heavy atom. The normalized spacial score (nSPS) is 13.4. The first-order valence-corrected chi connectivity index (χ1v) is 12.1. The molecule has 0 saturated heterocycles. The van der Waals surface area contributed by atoms with Gasteiger partial charge in [0.15, 0.2) is 5.60 Å². The molecular weight excluding hydrogens is 554 g/mol. The van der Waals surface area contributed by atoms with Crippen LogP contribution < -0.4 is 9.05 Å². The Bertz CT molecular complexity index is 1210. The van der Waals surface area contributed by atoms with Crippen LogP contribution in [0.3, 0.4) is 0 Å². The molecule has 10 nitrogen and oxygen atoms in total. The number of esters is 1. The third-order valence-corrected chi connectivity index (χ3v) is 5.64. The Balaban J connectivity index is 0.00000306. The maximum Gasteiger partial charge on any atom is 0.524 e. The molecular formula is C20H16Na4O10P2. The minimum atomic E-state index is -4.75.